The van der Waals surface area contributed by atoms with Gasteiger partial charge in [-0.3, -0.25) is 4.79 Å². The zero-order valence-corrected chi connectivity index (χ0v) is 14.4. The molecule has 1 aromatic heterocycles. The highest BCUT2D eigenvalue weighted by Crippen LogP contribution is 2.24. The molecule has 0 aliphatic carbocycles. The second-order valence-corrected chi connectivity index (χ2v) is 6.07. The third-order valence-electron chi connectivity index (χ3n) is 3.48. The van der Waals surface area contributed by atoms with Crippen molar-refractivity contribution in [2.75, 3.05) is 5.32 Å². The van der Waals surface area contributed by atoms with E-state index in [4.69, 9.17) is 23.2 Å². The number of halogens is 4. The molecule has 0 saturated carbocycles. The molecule has 0 unspecified atom stereocenters. The number of benzene rings is 2. The van der Waals surface area contributed by atoms with Crippen LogP contribution in [0.25, 0.3) is 5.69 Å². The average Bonchev–Trinajstić information content (AvgIpc) is 2.92. The molecule has 0 spiro atoms. The molecule has 0 bridgehead atoms. The van der Waals surface area contributed by atoms with Crippen LogP contribution in [0.4, 0.5) is 14.6 Å². The van der Waals surface area contributed by atoms with Gasteiger partial charge in [-0.2, -0.15) is 0 Å². The van der Waals surface area contributed by atoms with E-state index in [1.54, 1.807) is 37.4 Å². The summed E-state index contributed by atoms with van der Waals surface area (Å²) in [5, 5.41) is 7.10. The van der Waals surface area contributed by atoms with Gasteiger partial charge in [0, 0.05) is 11.8 Å². The highest BCUT2D eigenvalue weighted by atomic mass is 35.5. The lowest BCUT2D eigenvalue weighted by Crippen LogP contribution is -2.14. The van der Waals surface area contributed by atoms with Gasteiger partial charge in [0.1, 0.15) is 0 Å². The van der Waals surface area contributed by atoms with E-state index in [0.717, 1.165) is 12.1 Å². The number of nitrogens with zero attached hydrogens (tertiary/aromatic N) is 2. The Morgan fingerprint density at radius 3 is 2.52 bits per heavy atom. The van der Waals surface area contributed by atoms with Crippen molar-refractivity contribution >= 4 is 34.9 Å². The quantitative estimate of drug-likeness (QED) is 0.647. The minimum Gasteiger partial charge on any atom is -0.305 e. The first kappa shape index (κ1) is 17.4. The first-order chi connectivity index (χ1) is 11.9. The summed E-state index contributed by atoms with van der Waals surface area (Å²) in [6, 6.07) is 8.57. The number of hydrogen-bond donors (Lipinski definition) is 1. The number of aryl methyl sites for hydroxylation is 1. The number of amides is 1. The Labute approximate surface area is 152 Å². The normalized spacial score (nSPS) is 10.8. The third kappa shape index (κ3) is 3.50. The molecular formula is C17H11Cl2F2N3O. The van der Waals surface area contributed by atoms with Gasteiger partial charge in [0.25, 0.3) is 5.91 Å². The van der Waals surface area contributed by atoms with Gasteiger partial charge in [-0.25, -0.2) is 13.5 Å². The average molecular weight is 382 g/mol. The topological polar surface area (TPSA) is 46.9 Å². The molecule has 2 aromatic carbocycles. The third-order valence-corrected chi connectivity index (χ3v) is 4.12. The van der Waals surface area contributed by atoms with Gasteiger partial charge in [-0.05, 0) is 31.2 Å². The first-order valence-corrected chi connectivity index (χ1v) is 7.89. The number of carbonyl (C=O) groups excluding carboxylic acids is 1. The lowest BCUT2D eigenvalue weighted by Gasteiger charge is -2.06. The Bertz CT molecular complexity index is 973. The van der Waals surface area contributed by atoms with E-state index in [2.05, 4.69) is 10.4 Å². The number of carbonyl (C=O) groups is 1. The van der Waals surface area contributed by atoms with Crippen molar-refractivity contribution in [1.29, 1.82) is 0 Å². The molecule has 0 fully saturated rings. The second-order valence-electron chi connectivity index (χ2n) is 5.26. The molecule has 25 heavy (non-hydrogen) atoms. The highest BCUT2D eigenvalue weighted by molar-refractivity contribution is 6.34. The van der Waals surface area contributed by atoms with E-state index in [1.807, 2.05) is 0 Å². The molecule has 0 radical (unpaired) electrons. The maximum absolute atomic E-state index is 13.4. The van der Waals surface area contributed by atoms with Gasteiger partial charge in [-0.1, -0.05) is 35.3 Å². The van der Waals surface area contributed by atoms with Crippen LogP contribution in [0.15, 0.2) is 42.6 Å². The maximum atomic E-state index is 13.4. The van der Waals surface area contributed by atoms with Crippen LogP contribution >= 0.6 is 23.2 Å². The molecule has 1 N–H and O–H groups in total. The van der Waals surface area contributed by atoms with E-state index in [9.17, 15) is 13.6 Å². The smallest absolute Gasteiger partial charge is 0.258 e. The summed E-state index contributed by atoms with van der Waals surface area (Å²) in [6.45, 7) is 1.74. The zero-order chi connectivity index (χ0) is 18.1. The predicted molar refractivity (Wildman–Crippen MR) is 92.6 cm³/mol. The number of para-hydroxylation sites is 1. The van der Waals surface area contributed by atoms with Gasteiger partial charge >= 0.3 is 0 Å². The Balaban J connectivity index is 1.90. The molecule has 0 saturated heterocycles. The van der Waals surface area contributed by atoms with Crippen LogP contribution in [-0.2, 0) is 0 Å². The SMILES string of the molecule is Cc1cn(-c2ccccc2Cl)nc1NC(=O)c1cc(F)c(F)cc1Cl. The van der Waals surface area contributed by atoms with Crippen LogP contribution in [0.1, 0.15) is 15.9 Å². The van der Waals surface area contributed by atoms with Crippen LogP contribution in [0.3, 0.4) is 0 Å². The van der Waals surface area contributed by atoms with Gasteiger partial charge in [0.2, 0.25) is 0 Å². The lowest BCUT2D eigenvalue weighted by atomic mass is 10.2. The predicted octanol–water partition coefficient (Wildman–Crippen LogP) is 5.02. The molecule has 0 aliphatic heterocycles. The minimum absolute atomic E-state index is 0.188. The molecule has 0 aliphatic rings. The summed E-state index contributed by atoms with van der Waals surface area (Å²) in [4.78, 5) is 12.3. The molecule has 3 aromatic rings. The largest absolute Gasteiger partial charge is 0.305 e. The van der Waals surface area contributed by atoms with Gasteiger partial charge in [0.15, 0.2) is 17.5 Å². The fourth-order valence-corrected chi connectivity index (χ4v) is 2.67. The van der Waals surface area contributed by atoms with E-state index in [0.29, 0.717) is 16.3 Å². The van der Waals surface area contributed by atoms with Crippen molar-refractivity contribution in [3.05, 3.63) is 75.4 Å². The van der Waals surface area contributed by atoms with E-state index in [1.165, 1.54) is 4.68 Å². The van der Waals surface area contributed by atoms with Crippen molar-refractivity contribution < 1.29 is 13.6 Å². The molecule has 4 nitrogen and oxygen atoms in total. The minimum atomic E-state index is -1.16. The Kier molecular flexibility index (Phi) is 4.74. The number of hydrogen-bond acceptors (Lipinski definition) is 2. The molecule has 0 atom stereocenters. The van der Waals surface area contributed by atoms with Crippen molar-refractivity contribution in [2.45, 2.75) is 6.92 Å². The monoisotopic (exact) mass is 381 g/mol. The molecule has 3 rings (SSSR count). The summed E-state index contributed by atoms with van der Waals surface area (Å²) in [7, 11) is 0. The van der Waals surface area contributed by atoms with E-state index >= 15 is 0 Å². The Morgan fingerprint density at radius 2 is 1.80 bits per heavy atom. The van der Waals surface area contributed by atoms with Crippen LogP contribution < -0.4 is 5.32 Å². The number of nitrogens with one attached hydrogen (secondary N) is 1. The molecule has 8 heteroatoms. The summed E-state index contributed by atoms with van der Waals surface area (Å²) in [5.74, 6) is -2.73. The fourth-order valence-electron chi connectivity index (χ4n) is 2.22. The van der Waals surface area contributed by atoms with Crippen LogP contribution in [0.5, 0.6) is 0 Å². The summed E-state index contributed by atoms with van der Waals surface area (Å²) in [5.41, 5.74) is 1.11. The van der Waals surface area contributed by atoms with Crippen LogP contribution in [0, 0.1) is 18.6 Å². The summed E-state index contributed by atoms with van der Waals surface area (Å²) in [6.07, 6.45) is 1.68. The number of aromatic nitrogens is 2. The molecule has 128 valence electrons. The van der Waals surface area contributed by atoms with Crippen molar-refractivity contribution in [3.8, 4) is 5.69 Å². The summed E-state index contributed by atoms with van der Waals surface area (Å²) >= 11 is 11.9. The van der Waals surface area contributed by atoms with Gasteiger partial charge < -0.3 is 5.32 Å². The van der Waals surface area contributed by atoms with Crippen molar-refractivity contribution in [3.63, 3.8) is 0 Å². The first-order valence-electron chi connectivity index (χ1n) is 7.14. The Morgan fingerprint density at radius 1 is 1.12 bits per heavy atom. The van der Waals surface area contributed by atoms with Gasteiger partial charge in [-0.15, -0.1) is 5.10 Å². The molecular weight excluding hydrogens is 371 g/mol. The fraction of sp³-hybridized carbons (Fsp3) is 0.0588. The lowest BCUT2D eigenvalue weighted by molar-refractivity contribution is 0.102. The van der Waals surface area contributed by atoms with E-state index < -0.39 is 17.5 Å². The zero-order valence-electron chi connectivity index (χ0n) is 12.9. The second kappa shape index (κ2) is 6.82. The molecule has 1 heterocycles. The highest BCUT2D eigenvalue weighted by Gasteiger charge is 2.17. The Hall–Kier alpha value is -2.44. The van der Waals surface area contributed by atoms with Crippen molar-refractivity contribution in [2.24, 2.45) is 0 Å². The summed E-state index contributed by atoms with van der Waals surface area (Å²) < 4.78 is 28.0. The maximum Gasteiger partial charge on any atom is 0.258 e. The van der Waals surface area contributed by atoms with Crippen LogP contribution in [0.2, 0.25) is 10.0 Å². The van der Waals surface area contributed by atoms with Crippen LogP contribution in [-0.4, -0.2) is 15.7 Å². The standard InChI is InChI=1S/C17H11Cl2F2N3O/c1-9-8-24(15-5-3-2-4-11(15)18)23-16(9)22-17(25)10-6-13(20)14(21)7-12(10)19/h2-8H,1H3,(H,22,23,25). The number of anilines is 1. The number of rotatable bonds is 3. The van der Waals surface area contributed by atoms with Crippen molar-refractivity contribution in [1.82, 2.24) is 9.78 Å². The molecule has 1 amide bonds. The van der Waals surface area contributed by atoms with Gasteiger partial charge in [0.05, 0.1) is 21.3 Å². The van der Waals surface area contributed by atoms with E-state index in [-0.39, 0.29) is 16.4 Å².